The summed E-state index contributed by atoms with van der Waals surface area (Å²) in [5.74, 6) is -0.639. The molecule has 0 spiro atoms. The van der Waals surface area contributed by atoms with Gasteiger partial charge in [-0.25, -0.2) is 4.99 Å². The van der Waals surface area contributed by atoms with Gasteiger partial charge in [0.1, 0.15) is 23.5 Å². The first-order chi connectivity index (χ1) is 14.6. The smallest absolute Gasteiger partial charge is 0.321 e. The lowest BCUT2D eigenvalue weighted by Crippen LogP contribution is -2.42. The molecule has 2 aromatic rings. The Bertz CT molecular complexity index is 1030. The highest BCUT2D eigenvalue weighted by Gasteiger charge is 2.38. The van der Waals surface area contributed by atoms with Gasteiger partial charge in [-0.15, -0.1) is 0 Å². The van der Waals surface area contributed by atoms with Crippen molar-refractivity contribution in [3.63, 3.8) is 0 Å². The van der Waals surface area contributed by atoms with E-state index in [4.69, 9.17) is 9.47 Å². The number of ether oxygens (including phenoxy) is 2. The Balaban J connectivity index is 1.84. The molecule has 6 heteroatoms. The SMILES string of the molecule is COC1=NC(Oc2ccc(C(C)(C)c3ccc(C)cc3)cc2)=NC(C(C)=O)C1C(C)=O. The van der Waals surface area contributed by atoms with Gasteiger partial charge in [-0.2, -0.15) is 4.99 Å². The molecule has 0 bridgehead atoms. The number of amidine groups is 1. The van der Waals surface area contributed by atoms with E-state index < -0.39 is 12.0 Å². The number of nitrogens with zero attached hydrogens (tertiary/aromatic N) is 2. The minimum absolute atomic E-state index is 0.0000878. The zero-order valence-corrected chi connectivity index (χ0v) is 18.8. The van der Waals surface area contributed by atoms with Crippen LogP contribution in [0.2, 0.25) is 0 Å². The van der Waals surface area contributed by atoms with E-state index in [-0.39, 0.29) is 28.9 Å². The lowest BCUT2D eigenvalue weighted by molar-refractivity contribution is -0.125. The van der Waals surface area contributed by atoms with Crippen LogP contribution >= 0.6 is 0 Å². The molecule has 3 rings (SSSR count). The highest BCUT2D eigenvalue weighted by Crippen LogP contribution is 2.32. The number of carbonyl (C=O) groups excluding carboxylic acids is 2. The van der Waals surface area contributed by atoms with Crippen LogP contribution in [-0.4, -0.2) is 36.6 Å². The summed E-state index contributed by atoms with van der Waals surface area (Å²) in [5.41, 5.74) is 3.40. The first-order valence-electron chi connectivity index (χ1n) is 10.2. The second-order valence-corrected chi connectivity index (χ2v) is 8.33. The summed E-state index contributed by atoms with van der Waals surface area (Å²) in [5, 5.41) is 0. The third kappa shape index (κ3) is 4.74. The van der Waals surface area contributed by atoms with Crippen molar-refractivity contribution in [1.82, 2.24) is 0 Å². The maximum Gasteiger partial charge on any atom is 0.321 e. The number of Topliss-reactive ketones (excluding diaryl/α,β-unsaturated/α-hetero) is 2. The topological polar surface area (TPSA) is 77.3 Å². The van der Waals surface area contributed by atoms with E-state index in [0.717, 1.165) is 5.56 Å². The molecule has 2 aromatic carbocycles. The highest BCUT2D eigenvalue weighted by atomic mass is 16.5. The Labute approximate surface area is 183 Å². The average molecular weight is 421 g/mol. The summed E-state index contributed by atoms with van der Waals surface area (Å²) in [6.07, 6.45) is 0. The lowest BCUT2D eigenvalue weighted by Gasteiger charge is -2.27. The van der Waals surface area contributed by atoms with Crippen molar-refractivity contribution in [3.8, 4) is 5.75 Å². The van der Waals surface area contributed by atoms with E-state index in [2.05, 4.69) is 55.0 Å². The summed E-state index contributed by atoms with van der Waals surface area (Å²) >= 11 is 0. The molecule has 0 fully saturated rings. The van der Waals surface area contributed by atoms with Crippen molar-refractivity contribution in [2.24, 2.45) is 15.9 Å². The highest BCUT2D eigenvalue weighted by molar-refractivity contribution is 6.10. The molecular weight excluding hydrogens is 392 g/mol. The van der Waals surface area contributed by atoms with Crippen LogP contribution in [0.5, 0.6) is 5.75 Å². The zero-order valence-electron chi connectivity index (χ0n) is 18.8. The molecule has 2 unspecified atom stereocenters. The maximum absolute atomic E-state index is 12.1. The Morgan fingerprint density at radius 1 is 0.903 bits per heavy atom. The molecule has 0 aromatic heterocycles. The van der Waals surface area contributed by atoms with E-state index in [1.165, 1.54) is 32.1 Å². The predicted octanol–water partition coefficient (Wildman–Crippen LogP) is 4.28. The number of rotatable bonds is 5. The van der Waals surface area contributed by atoms with Gasteiger partial charge in [0.15, 0.2) is 5.78 Å². The molecular formula is C25H28N2O4. The van der Waals surface area contributed by atoms with Crippen molar-refractivity contribution in [2.75, 3.05) is 7.11 Å². The van der Waals surface area contributed by atoms with Gasteiger partial charge in [0.2, 0.25) is 5.90 Å². The number of aliphatic imine (C=N–C) groups is 2. The van der Waals surface area contributed by atoms with Crippen LogP contribution in [0.4, 0.5) is 0 Å². The van der Waals surface area contributed by atoms with Crippen LogP contribution in [0.15, 0.2) is 58.5 Å². The van der Waals surface area contributed by atoms with Gasteiger partial charge >= 0.3 is 6.02 Å². The molecule has 0 N–H and O–H groups in total. The van der Waals surface area contributed by atoms with Crippen LogP contribution in [0.1, 0.15) is 44.4 Å². The van der Waals surface area contributed by atoms with Crippen LogP contribution in [-0.2, 0) is 19.7 Å². The number of hydrogen-bond donors (Lipinski definition) is 0. The van der Waals surface area contributed by atoms with Crippen molar-refractivity contribution >= 4 is 23.5 Å². The first-order valence-corrected chi connectivity index (χ1v) is 10.2. The normalized spacial score (nSPS) is 18.6. The fourth-order valence-electron chi connectivity index (χ4n) is 3.65. The Kier molecular flexibility index (Phi) is 6.39. The monoisotopic (exact) mass is 420 g/mol. The predicted molar refractivity (Wildman–Crippen MR) is 121 cm³/mol. The fourth-order valence-corrected chi connectivity index (χ4v) is 3.65. The third-order valence-corrected chi connectivity index (χ3v) is 5.66. The molecule has 0 saturated heterocycles. The third-order valence-electron chi connectivity index (χ3n) is 5.66. The minimum atomic E-state index is -0.903. The summed E-state index contributed by atoms with van der Waals surface area (Å²) in [6, 6.07) is 15.3. The van der Waals surface area contributed by atoms with Crippen LogP contribution in [0.3, 0.4) is 0 Å². The van der Waals surface area contributed by atoms with Gasteiger partial charge in [-0.3, -0.25) is 9.59 Å². The van der Waals surface area contributed by atoms with E-state index in [9.17, 15) is 9.59 Å². The number of methoxy groups -OCH3 is 1. The van der Waals surface area contributed by atoms with Crippen LogP contribution in [0.25, 0.3) is 0 Å². The van der Waals surface area contributed by atoms with E-state index >= 15 is 0 Å². The van der Waals surface area contributed by atoms with Crippen LogP contribution in [0, 0.1) is 12.8 Å². The molecule has 0 aliphatic carbocycles. The lowest BCUT2D eigenvalue weighted by atomic mass is 9.78. The van der Waals surface area contributed by atoms with Crippen molar-refractivity contribution in [1.29, 1.82) is 0 Å². The Morgan fingerprint density at radius 3 is 1.94 bits per heavy atom. The summed E-state index contributed by atoms with van der Waals surface area (Å²) < 4.78 is 11.1. The van der Waals surface area contributed by atoms with Gasteiger partial charge in [0.25, 0.3) is 0 Å². The van der Waals surface area contributed by atoms with Crippen LogP contribution < -0.4 is 4.74 Å². The largest absolute Gasteiger partial charge is 0.483 e. The quantitative estimate of drug-likeness (QED) is 0.723. The fraction of sp³-hybridized carbons (Fsp3) is 0.360. The number of benzene rings is 2. The van der Waals surface area contributed by atoms with Gasteiger partial charge in [-0.05, 0) is 44.0 Å². The number of ketones is 2. The zero-order chi connectivity index (χ0) is 22.8. The molecule has 0 saturated carbocycles. The molecule has 162 valence electrons. The number of aryl methyl sites for hydroxylation is 1. The number of hydrogen-bond acceptors (Lipinski definition) is 6. The molecule has 1 aliphatic heterocycles. The molecule has 1 aliphatic rings. The van der Waals surface area contributed by atoms with Gasteiger partial charge in [-0.1, -0.05) is 55.8 Å². The standard InChI is InChI=1S/C25H28N2O4/c1-15-7-9-18(10-8-15)25(4,5)19-11-13-20(14-12-19)31-24-26-22(17(3)29)21(16(2)28)23(27-24)30-6/h7-14,21-22H,1-6H3. The van der Waals surface area contributed by atoms with Gasteiger partial charge in [0, 0.05) is 5.41 Å². The molecule has 2 atom stereocenters. The van der Waals surface area contributed by atoms with E-state index in [0.29, 0.717) is 5.75 Å². The van der Waals surface area contributed by atoms with Crippen molar-refractivity contribution in [2.45, 2.75) is 46.1 Å². The van der Waals surface area contributed by atoms with E-state index in [1.807, 2.05) is 24.3 Å². The Hall–Kier alpha value is -3.28. The molecule has 0 radical (unpaired) electrons. The molecule has 1 heterocycles. The second kappa shape index (κ2) is 8.84. The first kappa shape index (κ1) is 22.4. The molecule has 6 nitrogen and oxygen atoms in total. The summed E-state index contributed by atoms with van der Waals surface area (Å²) in [7, 11) is 1.41. The Morgan fingerprint density at radius 2 is 1.45 bits per heavy atom. The molecule has 0 amide bonds. The minimum Gasteiger partial charge on any atom is -0.483 e. The van der Waals surface area contributed by atoms with Crippen molar-refractivity contribution < 1.29 is 19.1 Å². The maximum atomic E-state index is 12.1. The summed E-state index contributed by atoms with van der Waals surface area (Å²) in [4.78, 5) is 32.5. The van der Waals surface area contributed by atoms with E-state index in [1.54, 1.807) is 0 Å². The van der Waals surface area contributed by atoms with Gasteiger partial charge in [0.05, 0.1) is 7.11 Å². The average Bonchev–Trinajstić information content (AvgIpc) is 2.73. The van der Waals surface area contributed by atoms with Crippen molar-refractivity contribution in [3.05, 3.63) is 65.2 Å². The second-order valence-electron chi connectivity index (χ2n) is 8.33. The molecule has 31 heavy (non-hydrogen) atoms. The summed E-state index contributed by atoms with van der Waals surface area (Å²) in [6.45, 7) is 9.21. The van der Waals surface area contributed by atoms with Gasteiger partial charge < -0.3 is 9.47 Å². The number of carbonyl (C=O) groups is 2.